The summed E-state index contributed by atoms with van der Waals surface area (Å²) in [4.78, 5) is 112. The first-order valence-corrected chi connectivity index (χ1v) is 18.5. The molecule has 0 aromatic heterocycles. The minimum atomic E-state index is -1.91. The van der Waals surface area contributed by atoms with Gasteiger partial charge in [-0.1, -0.05) is 30.3 Å². The van der Waals surface area contributed by atoms with Crippen molar-refractivity contribution in [1.29, 1.82) is 0 Å². The van der Waals surface area contributed by atoms with Crippen molar-refractivity contribution in [2.75, 3.05) is 26.9 Å². The topological polar surface area (TPSA) is 286 Å². The molecule has 1 aromatic rings. The second kappa shape index (κ2) is 23.8. The molecule has 2 aliphatic heterocycles. The highest BCUT2D eigenvalue weighted by Gasteiger charge is 2.57. The van der Waals surface area contributed by atoms with Gasteiger partial charge in [0.15, 0.2) is 49.1 Å². The van der Waals surface area contributed by atoms with E-state index in [0.717, 1.165) is 55.6 Å². The van der Waals surface area contributed by atoms with Gasteiger partial charge in [0, 0.05) is 48.5 Å². The Balaban J connectivity index is 2.07. The smallest absolute Gasteiger partial charge is 0.408 e. The highest BCUT2D eigenvalue weighted by molar-refractivity contribution is 5.81. The summed E-state index contributed by atoms with van der Waals surface area (Å²) in [7, 11) is 1.03. The molecule has 11 unspecified atom stereocenters. The van der Waals surface area contributed by atoms with Gasteiger partial charge in [-0.15, -0.1) is 0 Å². The van der Waals surface area contributed by atoms with E-state index in [2.05, 4.69) is 5.32 Å². The Morgan fingerprint density at radius 3 is 1.49 bits per heavy atom. The normalized spacial score (nSPS) is 26.2. The minimum Gasteiger partial charge on any atom is -0.467 e. The lowest BCUT2D eigenvalue weighted by Gasteiger charge is -2.48. The number of amides is 1. The molecule has 1 N–H and O–H groups in total. The van der Waals surface area contributed by atoms with Gasteiger partial charge in [-0.2, -0.15) is 0 Å². The Morgan fingerprint density at radius 2 is 1.00 bits per heavy atom. The standard InChI is InChI=1S/C38H49NO22/c1-18(40)50-16-27-29(54-20(3)42)31(55-21(4)43)34(58-24(7)46)37(60-27)61-30-28(17-51-19(2)41)59-36(33(57-23(6)45)32(30)56-22(5)44)52-15-26(35(47)49-8)39-38(48)53-14-25-12-10-9-11-13-25/h9-13,26-34,36-37H,14-17H2,1-8H3,(H,39,48). The molecule has 3 rings (SSSR count). The maximum absolute atomic E-state index is 12.8. The summed E-state index contributed by atoms with van der Waals surface area (Å²) in [6.45, 7) is 4.88. The molecule has 23 nitrogen and oxygen atoms in total. The third-order valence-electron chi connectivity index (χ3n) is 8.30. The second-order valence-electron chi connectivity index (χ2n) is 13.3. The quantitative estimate of drug-likeness (QED) is 0.151. The Hall–Kier alpha value is -5.91. The molecular weight excluding hydrogens is 822 g/mol. The van der Waals surface area contributed by atoms with Crippen molar-refractivity contribution in [3.8, 4) is 0 Å². The van der Waals surface area contributed by atoms with E-state index in [4.69, 9.17) is 61.6 Å². The van der Waals surface area contributed by atoms with Gasteiger partial charge in [0.2, 0.25) is 0 Å². The van der Waals surface area contributed by atoms with Gasteiger partial charge >= 0.3 is 53.8 Å². The number of carbonyl (C=O) groups excluding carboxylic acids is 9. The summed E-state index contributed by atoms with van der Waals surface area (Å²) in [6.07, 6.45) is -18.2. The molecular formula is C38H49NO22. The van der Waals surface area contributed by atoms with E-state index in [-0.39, 0.29) is 6.61 Å². The fourth-order valence-corrected chi connectivity index (χ4v) is 6.02. The molecule has 1 amide bonds. The summed E-state index contributed by atoms with van der Waals surface area (Å²) in [5.74, 6) is -7.42. The van der Waals surface area contributed by atoms with E-state index in [1.54, 1.807) is 30.3 Å². The molecule has 0 radical (unpaired) electrons. The van der Waals surface area contributed by atoms with Crippen LogP contribution >= 0.6 is 0 Å². The molecule has 338 valence electrons. The molecule has 0 spiro atoms. The van der Waals surface area contributed by atoms with E-state index >= 15 is 0 Å². The van der Waals surface area contributed by atoms with Crippen LogP contribution in [-0.2, 0) is 107 Å². The van der Waals surface area contributed by atoms with Crippen LogP contribution in [0.1, 0.15) is 54.0 Å². The number of methoxy groups -OCH3 is 1. The van der Waals surface area contributed by atoms with Crippen molar-refractivity contribution in [1.82, 2.24) is 5.32 Å². The van der Waals surface area contributed by atoms with Crippen molar-refractivity contribution >= 4 is 53.8 Å². The first-order chi connectivity index (χ1) is 28.8. The molecule has 0 aliphatic carbocycles. The predicted molar refractivity (Wildman–Crippen MR) is 195 cm³/mol. The molecule has 0 saturated carbocycles. The third kappa shape index (κ3) is 15.9. The van der Waals surface area contributed by atoms with Gasteiger partial charge in [0.25, 0.3) is 0 Å². The van der Waals surface area contributed by atoms with Crippen LogP contribution in [0.4, 0.5) is 4.79 Å². The highest BCUT2D eigenvalue weighted by Crippen LogP contribution is 2.35. The maximum atomic E-state index is 12.8. The fraction of sp³-hybridized carbons (Fsp3) is 0.605. The van der Waals surface area contributed by atoms with Crippen LogP contribution in [0.25, 0.3) is 0 Å². The number of ether oxygens (including phenoxy) is 13. The largest absolute Gasteiger partial charge is 0.467 e. The van der Waals surface area contributed by atoms with Crippen LogP contribution in [0.2, 0.25) is 0 Å². The van der Waals surface area contributed by atoms with Gasteiger partial charge in [-0.05, 0) is 5.56 Å². The molecule has 1 aromatic carbocycles. The Kier molecular flexibility index (Phi) is 19.3. The van der Waals surface area contributed by atoms with E-state index in [1.807, 2.05) is 0 Å². The summed E-state index contributed by atoms with van der Waals surface area (Å²) in [6, 6.07) is 7.04. The molecule has 23 heteroatoms. The number of benzene rings is 1. The number of hydrogen-bond donors (Lipinski definition) is 1. The Morgan fingerprint density at radius 1 is 0.557 bits per heavy atom. The third-order valence-corrected chi connectivity index (χ3v) is 8.30. The van der Waals surface area contributed by atoms with Crippen molar-refractivity contribution < 1.29 is 105 Å². The maximum Gasteiger partial charge on any atom is 0.408 e. The molecule has 2 saturated heterocycles. The van der Waals surface area contributed by atoms with E-state index in [9.17, 15) is 43.2 Å². The van der Waals surface area contributed by atoms with Crippen LogP contribution in [0.5, 0.6) is 0 Å². The van der Waals surface area contributed by atoms with Crippen molar-refractivity contribution in [2.24, 2.45) is 0 Å². The SMILES string of the molecule is COC(=O)C(COC1OC(COC(C)=O)C(OC2OC(COC(C)=O)C(OC(C)=O)C(OC(C)=O)C2OC(C)=O)C(OC(C)=O)C1OC(C)=O)NC(=O)OCc1ccccc1. The zero-order chi connectivity index (χ0) is 45.4. The summed E-state index contributed by atoms with van der Waals surface area (Å²) in [5, 5.41) is 2.31. The van der Waals surface area contributed by atoms with Crippen LogP contribution < -0.4 is 5.32 Å². The number of nitrogens with one attached hydrogen (secondary N) is 1. The molecule has 2 aliphatic rings. The second-order valence-corrected chi connectivity index (χ2v) is 13.3. The first kappa shape index (κ1) is 49.5. The molecule has 11 atom stereocenters. The number of esters is 8. The minimum absolute atomic E-state index is 0.162. The van der Waals surface area contributed by atoms with Gasteiger partial charge in [0.1, 0.15) is 38.1 Å². The van der Waals surface area contributed by atoms with E-state index in [1.165, 1.54) is 0 Å². The van der Waals surface area contributed by atoms with Crippen LogP contribution in [0.15, 0.2) is 30.3 Å². The van der Waals surface area contributed by atoms with Crippen molar-refractivity contribution in [2.45, 2.75) is 123 Å². The predicted octanol–water partition coefficient (Wildman–Crippen LogP) is 0.0907. The fourth-order valence-electron chi connectivity index (χ4n) is 6.02. The Labute approximate surface area is 349 Å². The van der Waals surface area contributed by atoms with Gasteiger partial charge < -0.3 is 66.9 Å². The Bertz CT molecular complexity index is 1720. The number of rotatable bonds is 18. The van der Waals surface area contributed by atoms with Crippen molar-refractivity contribution in [3.63, 3.8) is 0 Å². The summed E-state index contributed by atoms with van der Waals surface area (Å²) < 4.78 is 72.2. The molecule has 2 heterocycles. The van der Waals surface area contributed by atoms with E-state index in [0.29, 0.717) is 5.56 Å². The number of alkyl carbamates (subject to hydrolysis) is 1. The highest BCUT2D eigenvalue weighted by atomic mass is 16.8. The lowest BCUT2D eigenvalue weighted by molar-refractivity contribution is -0.361. The van der Waals surface area contributed by atoms with Crippen LogP contribution in [0.3, 0.4) is 0 Å². The average Bonchev–Trinajstić information content (AvgIpc) is 3.17. The monoisotopic (exact) mass is 871 g/mol. The lowest BCUT2D eigenvalue weighted by atomic mass is 9.96. The molecule has 0 bridgehead atoms. The average molecular weight is 872 g/mol. The van der Waals surface area contributed by atoms with Gasteiger partial charge in [-0.25, -0.2) is 9.59 Å². The zero-order valence-corrected chi connectivity index (χ0v) is 34.5. The van der Waals surface area contributed by atoms with Gasteiger partial charge in [0.05, 0.1) is 13.7 Å². The van der Waals surface area contributed by atoms with E-state index < -0.39 is 141 Å². The number of carbonyl (C=O) groups is 9. The first-order valence-electron chi connectivity index (χ1n) is 18.5. The summed E-state index contributed by atoms with van der Waals surface area (Å²) >= 11 is 0. The van der Waals surface area contributed by atoms with Gasteiger partial charge in [-0.3, -0.25) is 33.6 Å². The van der Waals surface area contributed by atoms with Crippen LogP contribution in [0, 0.1) is 0 Å². The van der Waals surface area contributed by atoms with Crippen LogP contribution in [-0.4, -0.2) is 148 Å². The van der Waals surface area contributed by atoms with Crippen molar-refractivity contribution in [3.05, 3.63) is 35.9 Å². The number of hydrogen-bond acceptors (Lipinski definition) is 22. The zero-order valence-electron chi connectivity index (χ0n) is 34.5. The molecule has 61 heavy (non-hydrogen) atoms. The summed E-state index contributed by atoms with van der Waals surface area (Å²) in [5.41, 5.74) is 0.638. The lowest BCUT2D eigenvalue weighted by Crippen LogP contribution is -2.67. The molecule has 2 fully saturated rings.